The van der Waals surface area contributed by atoms with E-state index in [1.165, 1.54) is 7.05 Å². The quantitative estimate of drug-likeness (QED) is 0.794. The predicted molar refractivity (Wildman–Crippen MR) is 86.5 cm³/mol. The van der Waals surface area contributed by atoms with E-state index in [1.54, 1.807) is 6.07 Å². The van der Waals surface area contributed by atoms with E-state index in [2.05, 4.69) is 26.2 Å². The number of hydrogen-bond acceptors (Lipinski definition) is 2. The molecular weight excluding hydrogens is 358 g/mol. The van der Waals surface area contributed by atoms with Crippen LogP contribution in [0.5, 0.6) is 0 Å². The fourth-order valence-electron chi connectivity index (χ4n) is 2.39. The number of benzene rings is 1. The van der Waals surface area contributed by atoms with E-state index in [0.29, 0.717) is 11.4 Å². The highest BCUT2D eigenvalue weighted by Crippen LogP contribution is 2.32. The molecule has 2 heterocycles. The maximum absolute atomic E-state index is 11.9. The Kier molecular flexibility index (Phi) is 4.30. The number of para-hydroxylation sites is 1. The molecule has 1 atom stereocenters. The van der Waals surface area contributed by atoms with Crippen LogP contribution in [0.3, 0.4) is 0 Å². The molecule has 0 aliphatic carbocycles. The largest absolute Gasteiger partial charge is 0.348 e. The molecule has 21 heavy (non-hydrogen) atoms. The second-order valence-electron chi connectivity index (χ2n) is 4.68. The Morgan fingerprint density at radius 3 is 2.71 bits per heavy atom. The maximum Gasteiger partial charge on any atom is 0.324 e. The minimum absolute atomic E-state index is 0. The third kappa shape index (κ3) is 2.53. The van der Waals surface area contributed by atoms with Gasteiger partial charge in [-0.3, -0.25) is 9.69 Å². The van der Waals surface area contributed by atoms with Crippen LogP contribution in [0.2, 0.25) is 5.02 Å². The number of imide groups is 1. The number of H-pyrrole nitrogens is 1. The minimum atomic E-state index is -0.540. The first-order chi connectivity index (χ1) is 9.49. The fourth-order valence-corrected chi connectivity index (χ4v) is 3.19. The standard InChI is InChI=1S/C13H11BrClN3O2.CH4/c1-18-12(19)9(16-13(18)20)5-7-6-3-2-4-8(15)10(6)17-11(7)14;/h2-4,9,17H,5H2,1H3,(H,16,20);1H4/t9-;/m1./s1. The Bertz CT molecular complexity index is 728. The second-order valence-corrected chi connectivity index (χ2v) is 5.88. The summed E-state index contributed by atoms with van der Waals surface area (Å²) in [5.74, 6) is -0.224. The Morgan fingerprint density at radius 1 is 1.38 bits per heavy atom. The van der Waals surface area contributed by atoms with Crippen molar-refractivity contribution in [2.75, 3.05) is 7.05 Å². The van der Waals surface area contributed by atoms with Crippen molar-refractivity contribution in [3.63, 3.8) is 0 Å². The van der Waals surface area contributed by atoms with Gasteiger partial charge in [0, 0.05) is 18.9 Å². The van der Waals surface area contributed by atoms with Crippen LogP contribution in [0.25, 0.3) is 10.9 Å². The number of carbonyl (C=O) groups excluding carboxylic acids is 2. The maximum atomic E-state index is 11.9. The molecule has 0 radical (unpaired) electrons. The van der Waals surface area contributed by atoms with Crippen molar-refractivity contribution >= 4 is 50.4 Å². The first-order valence-electron chi connectivity index (χ1n) is 6.01. The van der Waals surface area contributed by atoms with E-state index in [4.69, 9.17) is 11.6 Å². The summed E-state index contributed by atoms with van der Waals surface area (Å²) in [5, 5.41) is 4.23. The molecule has 0 spiro atoms. The summed E-state index contributed by atoms with van der Waals surface area (Å²) in [6.45, 7) is 0. The summed E-state index contributed by atoms with van der Waals surface area (Å²) < 4.78 is 0.775. The van der Waals surface area contributed by atoms with E-state index in [-0.39, 0.29) is 19.4 Å². The minimum Gasteiger partial charge on any atom is -0.348 e. The molecule has 1 aromatic heterocycles. The summed E-state index contributed by atoms with van der Waals surface area (Å²) in [6.07, 6.45) is 0.413. The van der Waals surface area contributed by atoms with Crippen LogP contribution in [-0.4, -0.2) is 34.9 Å². The molecule has 0 bridgehead atoms. The molecule has 5 nitrogen and oxygen atoms in total. The van der Waals surface area contributed by atoms with Crippen molar-refractivity contribution in [2.45, 2.75) is 19.9 Å². The molecule has 0 unspecified atom stereocenters. The van der Waals surface area contributed by atoms with E-state index in [9.17, 15) is 9.59 Å². The topological polar surface area (TPSA) is 65.2 Å². The molecule has 2 aromatic rings. The smallest absolute Gasteiger partial charge is 0.324 e. The van der Waals surface area contributed by atoms with Gasteiger partial charge >= 0.3 is 6.03 Å². The number of halogens is 2. The number of amides is 3. The molecule has 2 N–H and O–H groups in total. The predicted octanol–water partition coefficient (Wildman–Crippen LogP) is 3.31. The first-order valence-corrected chi connectivity index (χ1v) is 7.18. The van der Waals surface area contributed by atoms with Gasteiger partial charge in [-0.05, 0) is 27.6 Å². The monoisotopic (exact) mass is 371 g/mol. The number of aromatic amines is 1. The summed E-state index contributed by atoms with van der Waals surface area (Å²) in [7, 11) is 1.47. The summed E-state index contributed by atoms with van der Waals surface area (Å²) in [5.41, 5.74) is 1.75. The highest BCUT2D eigenvalue weighted by atomic mass is 79.9. The van der Waals surface area contributed by atoms with Crippen molar-refractivity contribution < 1.29 is 9.59 Å². The van der Waals surface area contributed by atoms with Crippen molar-refractivity contribution in [1.29, 1.82) is 0 Å². The van der Waals surface area contributed by atoms with Crippen LogP contribution < -0.4 is 5.32 Å². The molecule has 1 fully saturated rings. The number of nitrogens with zero attached hydrogens (tertiary/aromatic N) is 1. The number of carbonyl (C=O) groups is 2. The van der Waals surface area contributed by atoms with E-state index < -0.39 is 6.04 Å². The van der Waals surface area contributed by atoms with Gasteiger partial charge < -0.3 is 10.3 Å². The molecule has 3 amide bonds. The van der Waals surface area contributed by atoms with E-state index in [0.717, 1.165) is 26.0 Å². The van der Waals surface area contributed by atoms with Crippen molar-refractivity contribution in [3.05, 3.63) is 33.4 Å². The van der Waals surface area contributed by atoms with E-state index >= 15 is 0 Å². The second kappa shape index (κ2) is 5.69. The SMILES string of the molecule is C.CN1C(=O)N[C@H](Cc2c(Br)[nH]c3c(Cl)cccc23)C1=O. The zero-order valence-corrected chi connectivity index (χ0v) is 12.9. The van der Waals surface area contributed by atoms with Crippen molar-refractivity contribution in [1.82, 2.24) is 15.2 Å². The first kappa shape index (κ1) is 15.9. The molecule has 112 valence electrons. The highest BCUT2D eigenvalue weighted by molar-refractivity contribution is 9.10. The molecule has 1 saturated heterocycles. The number of aromatic nitrogens is 1. The van der Waals surface area contributed by atoms with Crippen LogP contribution in [0.1, 0.15) is 13.0 Å². The van der Waals surface area contributed by atoms with Crippen LogP contribution in [0.4, 0.5) is 4.79 Å². The van der Waals surface area contributed by atoms with Crippen LogP contribution >= 0.6 is 27.5 Å². The molecule has 7 heteroatoms. The molecule has 0 saturated carbocycles. The Morgan fingerprint density at radius 2 is 2.10 bits per heavy atom. The molecular formula is C14H15BrClN3O2. The Balaban J connectivity index is 0.00000161. The van der Waals surface area contributed by atoms with Gasteiger partial charge in [0.1, 0.15) is 6.04 Å². The third-order valence-corrected chi connectivity index (χ3v) is 4.47. The van der Waals surface area contributed by atoms with Gasteiger partial charge in [-0.2, -0.15) is 0 Å². The van der Waals surface area contributed by atoms with Gasteiger partial charge in [0.2, 0.25) is 0 Å². The number of nitrogens with one attached hydrogen (secondary N) is 2. The van der Waals surface area contributed by atoms with Gasteiger partial charge in [0.05, 0.1) is 15.1 Å². The van der Waals surface area contributed by atoms with Crippen molar-refractivity contribution in [2.24, 2.45) is 0 Å². The third-order valence-electron chi connectivity index (χ3n) is 3.48. The Hall–Kier alpha value is -1.53. The lowest BCUT2D eigenvalue weighted by molar-refractivity contribution is -0.126. The number of hydrogen-bond donors (Lipinski definition) is 2. The van der Waals surface area contributed by atoms with Crippen LogP contribution in [-0.2, 0) is 11.2 Å². The van der Waals surface area contributed by atoms with Crippen molar-refractivity contribution in [3.8, 4) is 0 Å². The molecule has 3 rings (SSSR count). The zero-order chi connectivity index (χ0) is 14.4. The average Bonchev–Trinajstić information content (AvgIpc) is 2.85. The number of fused-ring (bicyclic) bond motifs is 1. The lowest BCUT2D eigenvalue weighted by Gasteiger charge is -2.08. The highest BCUT2D eigenvalue weighted by Gasteiger charge is 2.36. The van der Waals surface area contributed by atoms with E-state index in [1.807, 2.05) is 12.1 Å². The lowest BCUT2D eigenvalue weighted by atomic mass is 10.1. The number of urea groups is 1. The molecule has 1 aromatic carbocycles. The van der Waals surface area contributed by atoms with Gasteiger partial charge in [-0.1, -0.05) is 31.2 Å². The zero-order valence-electron chi connectivity index (χ0n) is 10.5. The normalized spacial score (nSPS) is 18.0. The molecule has 1 aliphatic rings. The summed E-state index contributed by atoms with van der Waals surface area (Å²) >= 11 is 9.59. The van der Waals surface area contributed by atoms with Gasteiger partial charge in [0.15, 0.2) is 0 Å². The lowest BCUT2D eigenvalue weighted by Crippen LogP contribution is -2.31. The number of rotatable bonds is 2. The summed E-state index contributed by atoms with van der Waals surface area (Å²) in [4.78, 5) is 27.7. The molecule has 1 aliphatic heterocycles. The summed E-state index contributed by atoms with van der Waals surface area (Å²) in [6, 6.07) is 4.68. The van der Waals surface area contributed by atoms with Gasteiger partial charge in [-0.15, -0.1) is 0 Å². The van der Waals surface area contributed by atoms with Gasteiger partial charge in [0.25, 0.3) is 5.91 Å². The van der Waals surface area contributed by atoms with Crippen LogP contribution in [0.15, 0.2) is 22.8 Å². The number of likely N-dealkylation sites (N-methyl/N-ethyl adjacent to an activating group) is 1. The van der Waals surface area contributed by atoms with Gasteiger partial charge in [-0.25, -0.2) is 4.79 Å². The Labute approximate surface area is 135 Å². The van der Waals surface area contributed by atoms with Crippen LogP contribution in [0, 0.1) is 0 Å². The fraction of sp³-hybridized carbons (Fsp3) is 0.286. The average molecular weight is 373 g/mol.